The van der Waals surface area contributed by atoms with Gasteiger partial charge in [0.15, 0.2) is 20.0 Å². The number of anilines is 4. The van der Waals surface area contributed by atoms with Crippen molar-refractivity contribution in [1.82, 2.24) is 86.7 Å². The van der Waals surface area contributed by atoms with Crippen LogP contribution in [0.1, 0.15) is 120 Å². The van der Waals surface area contributed by atoms with Crippen LogP contribution < -0.4 is 46.7 Å². The summed E-state index contributed by atoms with van der Waals surface area (Å²) in [5.41, 5.74) is 9.39. The van der Waals surface area contributed by atoms with Crippen molar-refractivity contribution in [2.75, 3.05) is 73.0 Å². The Labute approximate surface area is 661 Å². The van der Waals surface area contributed by atoms with E-state index < -0.39 is 0 Å². The van der Waals surface area contributed by atoms with Gasteiger partial charge >= 0.3 is 0 Å². The van der Waals surface area contributed by atoms with E-state index in [2.05, 4.69) is 171 Å². The second-order valence-corrected chi connectivity index (χ2v) is 37.6. The number of benzene rings is 4. The third kappa shape index (κ3) is 17.0. The fraction of sp³-hybridized carbons (Fsp3) is 0.450. The summed E-state index contributed by atoms with van der Waals surface area (Å²) in [5, 5.41) is 70.1. The van der Waals surface area contributed by atoms with Crippen molar-refractivity contribution in [2.45, 2.75) is 154 Å². The number of para-hydroxylation sites is 2. The molecule has 6 aliphatic rings. The topological polar surface area (TPSA) is 264 Å². The third-order valence-electron chi connectivity index (χ3n) is 22.4. The van der Waals surface area contributed by atoms with Gasteiger partial charge < -0.3 is 45.1 Å². The molecule has 0 radical (unpaired) electrons. The van der Waals surface area contributed by atoms with Crippen LogP contribution in [-0.4, -0.2) is 158 Å². The number of fused-ring (bicyclic) bond motifs is 3. The number of pyridine rings is 2. The molecule has 13 heterocycles. The van der Waals surface area contributed by atoms with Gasteiger partial charge in [-0.05, 0) is 202 Å². The average Bonchev–Trinajstić information content (AvgIpc) is 1.78. The number of hydrogen-bond donors (Lipinski definition) is 6. The van der Waals surface area contributed by atoms with Crippen LogP contribution in [0.2, 0.25) is 10.0 Å². The number of piperidine rings is 3. The zero-order valence-electron chi connectivity index (χ0n) is 63.6. The zero-order valence-corrected chi connectivity index (χ0v) is 68.4. The fourth-order valence-electron chi connectivity index (χ4n) is 17.5. The van der Waals surface area contributed by atoms with Crippen LogP contribution in [0.3, 0.4) is 0 Å². The van der Waals surface area contributed by atoms with Crippen LogP contribution in [0, 0.1) is 17.3 Å². The second-order valence-electron chi connectivity index (χ2n) is 32.9. The van der Waals surface area contributed by atoms with E-state index in [0.717, 1.165) is 163 Å². The molecule has 5 aliphatic heterocycles. The van der Waals surface area contributed by atoms with Crippen molar-refractivity contribution >= 4 is 111 Å². The van der Waals surface area contributed by atoms with Gasteiger partial charge in [0, 0.05) is 134 Å². The summed E-state index contributed by atoms with van der Waals surface area (Å²) in [5.74, 6) is 1.70. The van der Waals surface area contributed by atoms with Crippen LogP contribution in [-0.2, 0) is 7.05 Å². The van der Waals surface area contributed by atoms with Gasteiger partial charge in [-0.15, -0.1) is 40.8 Å². The van der Waals surface area contributed by atoms with Gasteiger partial charge in [-0.3, -0.25) is 19.8 Å². The number of nitrogens with zero attached hydrogens (tertiary/aromatic N) is 15. The summed E-state index contributed by atoms with van der Waals surface area (Å²) in [6, 6.07) is 32.3. The largest absolute Gasteiger partial charge is 0.347 e. The molecule has 5 saturated heterocycles. The van der Waals surface area contributed by atoms with Crippen molar-refractivity contribution in [3.63, 3.8) is 0 Å². The summed E-state index contributed by atoms with van der Waals surface area (Å²) in [6.45, 7) is 24.6. The molecule has 23 nitrogen and oxygen atoms in total. The molecule has 109 heavy (non-hydrogen) atoms. The van der Waals surface area contributed by atoms with Gasteiger partial charge in [0.25, 0.3) is 11.1 Å². The van der Waals surface area contributed by atoms with Gasteiger partial charge in [0.05, 0.1) is 39.1 Å². The normalized spacial score (nSPS) is 20.7. The Morgan fingerprint density at radius 2 is 1.02 bits per heavy atom. The Morgan fingerprint density at radius 1 is 0.523 bits per heavy atom. The monoisotopic (exact) mass is 1580 g/mol. The van der Waals surface area contributed by atoms with Gasteiger partial charge in [-0.2, -0.15) is 10.2 Å². The molecule has 6 N–H and O–H groups in total. The maximum Gasteiger partial charge on any atom is 0.261 e. The van der Waals surface area contributed by atoms with Gasteiger partial charge in [0.1, 0.15) is 0 Å². The smallest absolute Gasteiger partial charge is 0.261 e. The minimum absolute atomic E-state index is 0.0433. The minimum Gasteiger partial charge on any atom is -0.347 e. The quantitative estimate of drug-likeness (QED) is 0.0664. The van der Waals surface area contributed by atoms with Crippen molar-refractivity contribution in [1.29, 1.82) is 0 Å². The van der Waals surface area contributed by atoms with Crippen LogP contribution in [0.5, 0.6) is 0 Å². The van der Waals surface area contributed by atoms with Gasteiger partial charge in [0.2, 0.25) is 20.5 Å². The number of H-pyrrole nitrogens is 3. The Balaban J connectivity index is 0.000000116. The summed E-state index contributed by atoms with van der Waals surface area (Å²) < 4.78 is 1.69. The van der Waals surface area contributed by atoms with Crippen LogP contribution >= 0.6 is 68.5 Å². The molecule has 3 atom stereocenters. The van der Waals surface area contributed by atoms with Crippen molar-refractivity contribution in [3.05, 3.63) is 153 Å². The molecule has 570 valence electrons. The number of aromatic nitrogens is 14. The first kappa shape index (κ1) is 76.0. The van der Waals surface area contributed by atoms with Gasteiger partial charge in [-0.25, -0.2) is 0 Å². The number of aromatic amines is 3. The van der Waals surface area contributed by atoms with E-state index in [1.807, 2.05) is 109 Å². The summed E-state index contributed by atoms with van der Waals surface area (Å²) in [7, 11) is 5.98. The summed E-state index contributed by atoms with van der Waals surface area (Å²) >= 11 is 19.3. The molecule has 18 rings (SSSR count). The predicted molar refractivity (Wildman–Crippen MR) is 447 cm³/mol. The molecule has 12 aromatic rings. The molecule has 1 aliphatic carbocycles. The highest BCUT2D eigenvalue weighted by Gasteiger charge is 2.43. The van der Waals surface area contributed by atoms with E-state index in [1.165, 1.54) is 61.2 Å². The standard InChI is InChI=1S/C22H29N5OS.C21H27N5OS.C19H21ClN6S.C18H18ClN5S/c1-21(2)12-15(13-22(3,4)25-21)26(5)20-24-23-18(29-20)16-11-14-9-7-8-10-17(14)27(6)19(16)28;1-20(2)11-14(12-21(3,4)25-20)26(5)19-24-23-18(28-19)15-10-13-8-6-7-9-16(13)22-17(15)27;20-16-8-13(14-9-22-23-10-14)2-3-15(16)17-24-25-18(27-17)26-7-5-19(12-26)4-1-6-21-11-19;19-16-6-11(14-7-20-21-8-14)4-5-15(16)17-22-23-18(25-17)24-9-12-2-1-3-13(12)10-24/h7-11,15,25H,12-13H2,1-6H3;6-10,14,25H,11-12H2,1-5H3,(H,22,27);2-3,8-10,21H,1,4-7,11-12H2,(H,22,23);4-8,12-13H,1-3,9-10H2,(H,20,21)/t;;;12-,13+. The molecular weight excluding hydrogens is 1490 g/mol. The zero-order chi connectivity index (χ0) is 76.2. The Kier molecular flexibility index (Phi) is 21.7. The lowest BCUT2D eigenvalue weighted by Gasteiger charge is -2.48. The number of halogens is 2. The highest BCUT2D eigenvalue weighted by atomic mass is 35.5. The van der Waals surface area contributed by atoms with Crippen LogP contribution in [0.4, 0.5) is 20.5 Å². The summed E-state index contributed by atoms with van der Waals surface area (Å²) in [4.78, 5) is 37.7. The molecule has 8 aromatic heterocycles. The average molecular weight is 1580 g/mol. The number of aryl methyl sites for hydroxylation is 1. The maximum absolute atomic E-state index is 12.9. The van der Waals surface area contributed by atoms with Crippen LogP contribution in [0.15, 0.2) is 131 Å². The number of hydrogen-bond acceptors (Lipinski definition) is 23. The predicted octanol–water partition coefficient (Wildman–Crippen LogP) is 15.9. The van der Waals surface area contributed by atoms with E-state index >= 15 is 0 Å². The lowest BCUT2D eigenvalue weighted by atomic mass is 9.79. The van der Waals surface area contributed by atoms with Crippen molar-refractivity contribution in [3.8, 4) is 64.5 Å². The first-order valence-electron chi connectivity index (χ1n) is 37.6. The highest BCUT2D eigenvalue weighted by molar-refractivity contribution is 7.19. The third-order valence-corrected chi connectivity index (χ3v) is 27.1. The molecule has 29 heteroatoms. The molecule has 1 saturated carbocycles. The first-order valence-corrected chi connectivity index (χ1v) is 41.6. The Morgan fingerprint density at radius 3 is 1.54 bits per heavy atom. The molecule has 6 fully saturated rings. The maximum atomic E-state index is 12.9. The van der Waals surface area contributed by atoms with E-state index in [4.69, 9.17) is 23.2 Å². The number of nitrogens with one attached hydrogen (secondary N) is 6. The van der Waals surface area contributed by atoms with Crippen LogP contribution in [0.25, 0.3) is 86.3 Å². The minimum atomic E-state index is -0.131. The summed E-state index contributed by atoms with van der Waals surface area (Å²) in [6.07, 6.45) is 19.3. The lowest BCUT2D eigenvalue weighted by molar-refractivity contribution is 0.160. The van der Waals surface area contributed by atoms with Crippen molar-refractivity contribution < 1.29 is 0 Å². The molecule has 1 spiro atoms. The molecule has 0 bridgehead atoms. The molecule has 0 amide bonds. The Bertz CT molecular complexity index is 5260. The van der Waals surface area contributed by atoms with Crippen molar-refractivity contribution in [2.24, 2.45) is 24.3 Å². The van der Waals surface area contributed by atoms with E-state index in [9.17, 15) is 9.59 Å². The number of rotatable bonds is 12. The van der Waals surface area contributed by atoms with E-state index in [0.29, 0.717) is 48.7 Å². The molecule has 4 aromatic carbocycles. The fourth-order valence-corrected chi connectivity index (χ4v) is 21.8. The van der Waals surface area contributed by atoms with E-state index in [-0.39, 0.29) is 33.3 Å². The lowest BCUT2D eigenvalue weighted by Crippen LogP contribution is -2.61. The first-order chi connectivity index (χ1) is 52.2. The van der Waals surface area contributed by atoms with Gasteiger partial charge in [-0.1, -0.05) is 124 Å². The SMILES string of the molecule is CN(c1nnc(-c2cc3ccccc3[nH]c2=O)s1)C1CC(C)(C)NC(C)(C)C1.CN(c1nnc(-c2cc3ccccc3n(C)c2=O)s1)C1CC(C)(C)NC(C)(C)C1.Clc1cc(-c2cn[nH]c2)ccc1-c1nnc(N2CCC3(CCCNC3)C2)s1.Clc1cc(-c2cn[nH]c2)ccc1-c1nnc(N2C[C@H]3CCC[C@H]3C2)s1. The second kappa shape index (κ2) is 31.1. The van der Waals surface area contributed by atoms with E-state index in [1.54, 1.807) is 46.7 Å². The highest BCUT2D eigenvalue weighted by Crippen LogP contribution is 2.45. The molecular formula is C80H95Cl2N21O2S4. The Hall–Kier alpha value is -8.38. The molecule has 1 unspecified atom stereocenters.